The summed E-state index contributed by atoms with van der Waals surface area (Å²) in [7, 11) is 0. The summed E-state index contributed by atoms with van der Waals surface area (Å²) in [6.45, 7) is 0.0248. The minimum atomic E-state index is -0.199. The van der Waals surface area contributed by atoms with Gasteiger partial charge in [0.15, 0.2) is 0 Å². The van der Waals surface area contributed by atoms with Gasteiger partial charge in [0, 0.05) is 31.2 Å². The van der Waals surface area contributed by atoms with Crippen molar-refractivity contribution in [1.29, 1.82) is 0 Å². The normalized spacial score (nSPS) is 27.3. The standard InChI is InChI=1S/C25H22BrClN2O2S2/c26-16-3-1-2-13(11-16)21-20-14-4-5-15(10-14)22(20)32-24-23(21)33-25(31)29(24)12-19(30)28-18-8-6-17(27)7-9-18/h1-3,6-9,11,14-15,20-22H,4-5,10,12H2,(H,28,30)/t14?,15?,20?,21-,22?/m1/s1. The molecule has 2 heterocycles. The van der Waals surface area contributed by atoms with Gasteiger partial charge < -0.3 is 5.32 Å². The Morgan fingerprint density at radius 3 is 2.73 bits per heavy atom. The van der Waals surface area contributed by atoms with E-state index in [4.69, 9.17) is 11.6 Å². The highest BCUT2D eigenvalue weighted by Crippen LogP contribution is 2.64. The predicted molar refractivity (Wildman–Crippen MR) is 139 cm³/mol. The summed E-state index contributed by atoms with van der Waals surface area (Å²) in [6, 6.07) is 15.5. The topological polar surface area (TPSA) is 51.1 Å². The highest BCUT2D eigenvalue weighted by atomic mass is 79.9. The summed E-state index contributed by atoms with van der Waals surface area (Å²) in [5.74, 6) is 2.01. The van der Waals surface area contributed by atoms with Crippen LogP contribution in [0.5, 0.6) is 0 Å². The molecule has 0 saturated heterocycles. The molecule has 2 saturated carbocycles. The molecule has 1 aliphatic heterocycles. The van der Waals surface area contributed by atoms with Crippen molar-refractivity contribution in [2.45, 2.75) is 42.0 Å². The molecule has 2 fully saturated rings. The van der Waals surface area contributed by atoms with Crippen molar-refractivity contribution in [3.05, 3.63) is 78.1 Å². The molecule has 3 aliphatic rings. The number of anilines is 1. The largest absolute Gasteiger partial charge is 0.325 e. The Morgan fingerprint density at radius 2 is 1.94 bits per heavy atom. The van der Waals surface area contributed by atoms with Crippen molar-refractivity contribution in [1.82, 2.24) is 4.57 Å². The molecule has 0 spiro atoms. The number of aromatic nitrogens is 1. The van der Waals surface area contributed by atoms with E-state index in [1.807, 2.05) is 11.8 Å². The number of thiazole rings is 1. The second-order valence-corrected chi connectivity index (χ2v) is 12.7. The number of carbonyl (C=O) groups excluding carboxylic acids is 1. The third-order valence-corrected chi connectivity index (χ3v) is 10.9. The maximum atomic E-state index is 13.1. The molecule has 2 aromatic carbocycles. The fraction of sp³-hybridized carbons (Fsp3) is 0.360. The van der Waals surface area contributed by atoms with Crippen LogP contribution in [0.1, 0.15) is 35.6 Å². The SMILES string of the molecule is O=C(Cn1c2c(sc1=O)[C@H](c1cccc(Br)c1)C1C3CCC(C3)C1S2)Nc1ccc(Cl)cc1. The lowest BCUT2D eigenvalue weighted by molar-refractivity contribution is -0.116. The van der Waals surface area contributed by atoms with E-state index in [-0.39, 0.29) is 23.2 Å². The zero-order valence-electron chi connectivity index (χ0n) is 17.7. The van der Waals surface area contributed by atoms with E-state index < -0.39 is 0 Å². The number of hydrogen-bond acceptors (Lipinski definition) is 4. The van der Waals surface area contributed by atoms with Crippen molar-refractivity contribution in [3.63, 3.8) is 0 Å². The van der Waals surface area contributed by atoms with Gasteiger partial charge in [0.05, 0.1) is 5.03 Å². The Bertz CT molecular complexity index is 1290. The number of rotatable bonds is 4. The number of carbonyl (C=O) groups is 1. The van der Waals surface area contributed by atoms with E-state index in [0.29, 0.717) is 27.8 Å². The number of fused-ring (bicyclic) bond motifs is 6. The van der Waals surface area contributed by atoms with Crippen LogP contribution in [0.3, 0.4) is 0 Å². The van der Waals surface area contributed by atoms with Crippen molar-refractivity contribution >= 4 is 62.2 Å². The van der Waals surface area contributed by atoms with Crippen LogP contribution in [-0.2, 0) is 11.3 Å². The van der Waals surface area contributed by atoms with Crippen LogP contribution in [0.2, 0.25) is 5.02 Å². The highest BCUT2D eigenvalue weighted by Gasteiger charge is 2.55. The van der Waals surface area contributed by atoms with Crippen molar-refractivity contribution < 1.29 is 4.79 Å². The summed E-state index contributed by atoms with van der Waals surface area (Å²) in [5, 5.41) is 5.02. The maximum absolute atomic E-state index is 13.1. The molecule has 1 amide bonds. The van der Waals surface area contributed by atoms with Crippen LogP contribution < -0.4 is 10.2 Å². The van der Waals surface area contributed by atoms with Crippen LogP contribution >= 0.6 is 50.6 Å². The molecule has 3 aromatic rings. The average Bonchev–Trinajstić information content (AvgIpc) is 3.48. The quantitative estimate of drug-likeness (QED) is 0.390. The van der Waals surface area contributed by atoms with E-state index in [0.717, 1.165) is 20.3 Å². The molecule has 6 rings (SSSR count). The lowest BCUT2D eigenvalue weighted by Gasteiger charge is -2.40. The van der Waals surface area contributed by atoms with Crippen molar-refractivity contribution in [2.24, 2.45) is 17.8 Å². The number of hydrogen-bond donors (Lipinski definition) is 1. The van der Waals surface area contributed by atoms with Gasteiger partial charge in [-0.3, -0.25) is 14.2 Å². The van der Waals surface area contributed by atoms with Gasteiger partial charge in [-0.25, -0.2) is 0 Å². The molecule has 170 valence electrons. The van der Waals surface area contributed by atoms with Crippen LogP contribution in [0, 0.1) is 17.8 Å². The first-order valence-corrected chi connectivity index (χ1v) is 14.1. The zero-order valence-corrected chi connectivity index (χ0v) is 21.6. The second-order valence-electron chi connectivity index (χ2n) is 9.20. The Labute approximate surface area is 213 Å². The van der Waals surface area contributed by atoms with Crippen molar-refractivity contribution in [2.75, 3.05) is 5.32 Å². The van der Waals surface area contributed by atoms with Crippen molar-refractivity contribution in [3.8, 4) is 0 Å². The minimum Gasteiger partial charge on any atom is -0.325 e. The number of benzene rings is 2. The molecule has 0 radical (unpaired) electrons. The lowest BCUT2D eigenvalue weighted by Crippen LogP contribution is -2.34. The fourth-order valence-electron chi connectivity index (χ4n) is 6.04. The lowest BCUT2D eigenvalue weighted by atomic mass is 9.75. The maximum Gasteiger partial charge on any atom is 0.308 e. The highest BCUT2D eigenvalue weighted by molar-refractivity contribution is 9.10. The van der Waals surface area contributed by atoms with Gasteiger partial charge in [-0.15, -0.1) is 11.8 Å². The number of nitrogens with zero attached hydrogens (tertiary/aromatic N) is 1. The van der Waals surface area contributed by atoms with Gasteiger partial charge in [-0.1, -0.05) is 51.0 Å². The van der Waals surface area contributed by atoms with E-state index >= 15 is 0 Å². The molecule has 1 N–H and O–H groups in total. The van der Waals surface area contributed by atoms with Gasteiger partial charge >= 0.3 is 4.87 Å². The number of thioether (sulfide) groups is 1. The fourth-order valence-corrected chi connectivity index (χ4v) is 9.73. The summed E-state index contributed by atoms with van der Waals surface area (Å²) in [6.07, 6.45) is 3.87. The predicted octanol–water partition coefficient (Wildman–Crippen LogP) is 6.62. The van der Waals surface area contributed by atoms with Crippen LogP contribution in [0.25, 0.3) is 0 Å². The van der Waals surface area contributed by atoms with Gasteiger partial charge in [-0.05, 0) is 79.0 Å². The van der Waals surface area contributed by atoms with Gasteiger partial charge in [0.1, 0.15) is 6.54 Å². The van der Waals surface area contributed by atoms with Crippen LogP contribution in [-0.4, -0.2) is 15.7 Å². The third-order valence-electron chi connectivity index (χ3n) is 7.33. The van der Waals surface area contributed by atoms with E-state index in [1.54, 1.807) is 28.8 Å². The van der Waals surface area contributed by atoms with Gasteiger partial charge in [0.2, 0.25) is 5.91 Å². The van der Waals surface area contributed by atoms with E-state index in [9.17, 15) is 9.59 Å². The molecule has 2 aliphatic carbocycles. The average molecular weight is 562 g/mol. The summed E-state index contributed by atoms with van der Waals surface area (Å²) < 4.78 is 2.76. The first-order valence-electron chi connectivity index (χ1n) is 11.2. The molecular formula is C25H22BrClN2O2S2. The molecular weight excluding hydrogens is 540 g/mol. The summed E-state index contributed by atoms with van der Waals surface area (Å²) in [4.78, 5) is 27.1. The smallest absolute Gasteiger partial charge is 0.308 e. The van der Waals surface area contributed by atoms with Crippen LogP contribution in [0.15, 0.2) is 62.8 Å². The third kappa shape index (κ3) is 3.91. The van der Waals surface area contributed by atoms with Gasteiger partial charge in [0.25, 0.3) is 0 Å². The first kappa shape index (κ1) is 22.0. The Balaban J connectivity index is 1.37. The van der Waals surface area contributed by atoms with Gasteiger partial charge in [-0.2, -0.15) is 0 Å². The number of amides is 1. The Hall–Kier alpha value is -1.54. The molecule has 5 atom stereocenters. The summed E-state index contributed by atoms with van der Waals surface area (Å²) >= 11 is 12.8. The van der Waals surface area contributed by atoms with E-state index in [2.05, 4.69) is 45.5 Å². The first-order chi connectivity index (χ1) is 16.0. The second kappa shape index (κ2) is 8.59. The number of halogens is 2. The zero-order chi connectivity index (χ0) is 22.7. The Morgan fingerprint density at radius 1 is 1.15 bits per heavy atom. The minimum absolute atomic E-state index is 0.0248. The molecule has 33 heavy (non-hydrogen) atoms. The molecule has 1 aromatic heterocycles. The summed E-state index contributed by atoms with van der Waals surface area (Å²) in [5.41, 5.74) is 1.95. The monoisotopic (exact) mass is 560 g/mol. The number of nitrogens with one attached hydrogen (secondary N) is 1. The van der Waals surface area contributed by atoms with Crippen LogP contribution in [0.4, 0.5) is 5.69 Å². The molecule has 4 nitrogen and oxygen atoms in total. The van der Waals surface area contributed by atoms with E-state index in [1.165, 1.54) is 36.2 Å². The Kier molecular flexibility index (Phi) is 5.72. The molecule has 2 bridgehead atoms. The molecule has 4 unspecified atom stereocenters. The molecule has 8 heteroatoms.